The van der Waals surface area contributed by atoms with E-state index in [4.69, 9.17) is 5.73 Å². The summed E-state index contributed by atoms with van der Waals surface area (Å²) in [5.41, 5.74) is 6.77. The second-order valence-corrected chi connectivity index (χ2v) is 10.1. The van der Waals surface area contributed by atoms with Gasteiger partial charge >= 0.3 is 5.92 Å². The van der Waals surface area contributed by atoms with Crippen LogP contribution in [0.15, 0.2) is 79.0 Å². The number of alkyl halides is 2. The summed E-state index contributed by atoms with van der Waals surface area (Å²) in [4.78, 5) is 26.9. The molecule has 6 nitrogen and oxygen atoms in total. The van der Waals surface area contributed by atoms with Crippen molar-refractivity contribution in [3.63, 3.8) is 0 Å². The zero-order valence-corrected chi connectivity index (χ0v) is 20.4. The van der Waals surface area contributed by atoms with Gasteiger partial charge in [-0.05, 0) is 66.8 Å². The highest BCUT2D eigenvalue weighted by atomic mass is 19.3. The summed E-state index contributed by atoms with van der Waals surface area (Å²) in [7, 11) is 0. The number of benzene rings is 3. The molecule has 1 aromatic heterocycles. The Morgan fingerprint density at radius 3 is 2.37 bits per heavy atom. The topological polar surface area (TPSA) is 81.2 Å². The van der Waals surface area contributed by atoms with Gasteiger partial charge in [0.25, 0.3) is 5.91 Å². The molecule has 4 aromatic rings. The summed E-state index contributed by atoms with van der Waals surface area (Å²) in [6, 6.07) is 20.6. The van der Waals surface area contributed by atoms with E-state index in [0.717, 1.165) is 29.3 Å². The van der Waals surface area contributed by atoms with Gasteiger partial charge in [0.2, 0.25) is 5.91 Å². The van der Waals surface area contributed by atoms with Crippen LogP contribution in [-0.4, -0.2) is 27.5 Å². The van der Waals surface area contributed by atoms with E-state index in [0.29, 0.717) is 11.4 Å². The average Bonchev–Trinajstić information content (AvgIpc) is 3.60. The first-order chi connectivity index (χ1) is 18.2. The van der Waals surface area contributed by atoms with Crippen molar-refractivity contribution in [3.8, 4) is 5.69 Å². The van der Waals surface area contributed by atoms with E-state index in [9.17, 15) is 22.8 Å². The fraction of sp³-hybridized carbons (Fsp3) is 0.276. The molecule has 2 fully saturated rings. The van der Waals surface area contributed by atoms with E-state index < -0.39 is 29.7 Å². The van der Waals surface area contributed by atoms with Crippen LogP contribution in [-0.2, 0) is 15.1 Å². The first-order valence-corrected chi connectivity index (χ1v) is 12.5. The van der Waals surface area contributed by atoms with E-state index in [-0.39, 0.29) is 24.1 Å². The second-order valence-electron chi connectivity index (χ2n) is 10.1. The molecule has 0 bridgehead atoms. The number of carbonyl (C=O) groups excluding carboxylic acids is 2. The van der Waals surface area contributed by atoms with Gasteiger partial charge in [0.05, 0.1) is 22.9 Å². The van der Waals surface area contributed by atoms with Gasteiger partial charge in [-0.3, -0.25) is 9.59 Å². The van der Waals surface area contributed by atoms with Crippen LogP contribution in [0.4, 0.5) is 18.9 Å². The number of anilines is 1. The smallest absolute Gasteiger partial charge is 0.324 e. The molecule has 3 aromatic carbocycles. The van der Waals surface area contributed by atoms with Crippen molar-refractivity contribution >= 4 is 28.4 Å². The molecular formula is C29H25F3N4O2. The molecule has 38 heavy (non-hydrogen) atoms. The molecule has 1 aliphatic carbocycles. The quantitative estimate of drug-likeness (QED) is 0.359. The Labute approximate surface area is 216 Å². The molecule has 0 radical (unpaired) electrons. The van der Waals surface area contributed by atoms with Crippen molar-refractivity contribution in [2.75, 3.05) is 4.90 Å². The number of fused-ring (bicyclic) bond motifs is 1. The highest BCUT2D eigenvalue weighted by Gasteiger charge is 2.63. The third-order valence-electron chi connectivity index (χ3n) is 7.84. The Morgan fingerprint density at radius 2 is 1.71 bits per heavy atom. The van der Waals surface area contributed by atoms with Gasteiger partial charge in [-0.1, -0.05) is 30.3 Å². The lowest BCUT2D eigenvalue weighted by atomic mass is 9.72. The molecule has 2 atom stereocenters. The minimum absolute atomic E-state index is 0.0392. The number of nitrogens with two attached hydrogens (primary N) is 1. The zero-order chi connectivity index (χ0) is 26.7. The number of hydrogen-bond donors (Lipinski definition) is 1. The molecule has 2 aliphatic rings. The predicted octanol–water partition coefficient (Wildman–Crippen LogP) is 5.33. The van der Waals surface area contributed by atoms with Gasteiger partial charge in [-0.15, -0.1) is 0 Å². The number of nitrogens with zero attached hydrogens (tertiary/aromatic N) is 3. The fourth-order valence-corrected chi connectivity index (χ4v) is 6.13. The molecule has 194 valence electrons. The van der Waals surface area contributed by atoms with Crippen LogP contribution >= 0.6 is 0 Å². The molecule has 9 heteroatoms. The van der Waals surface area contributed by atoms with Gasteiger partial charge in [-0.2, -0.15) is 13.9 Å². The predicted molar refractivity (Wildman–Crippen MR) is 136 cm³/mol. The molecule has 1 saturated heterocycles. The number of amides is 2. The van der Waals surface area contributed by atoms with Crippen LogP contribution in [0.5, 0.6) is 0 Å². The number of carbonyl (C=O) groups is 2. The number of rotatable bonds is 7. The highest BCUT2D eigenvalue weighted by molar-refractivity contribution is 6.00. The van der Waals surface area contributed by atoms with Gasteiger partial charge in [0.15, 0.2) is 0 Å². The highest BCUT2D eigenvalue weighted by Crippen LogP contribution is 2.60. The van der Waals surface area contributed by atoms with Crippen molar-refractivity contribution in [1.29, 1.82) is 0 Å². The van der Waals surface area contributed by atoms with E-state index >= 15 is 0 Å². The SMILES string of the molecule is NC(=O)C(F)(F)C[C@@H]1CC(=O)N(c2ccc3c(cnn3-c3ccc(F)cc3)c2)[C@]1(c1ccccc1)C1CC1. The molecule has 2 amide bonds. The lowest BCUT2D eigenvalue weighted by Gasteiger charge is -2.44. The molecule has 0 spiro atoms. The molecule has 0 unspecified atom stereocenters. The van der Waals surface area contributed by atoms with Crippen LogP contribution in [0.3, 0.4) is 0 Å². The van der Waals surface area contributed by atoms with Crippen molar-refractivity contribution < 1.29 is 22.8 Å². The van der Waals surface area contributed by atoms with Gasteiger partial charge < -0.3 is 10.6 Å². The zero-order valence-electron chi connectivity index (χ0n) is 20.4. The third kappa shape index (κ3) is 3.76. The number of primary amides is 1. The average molecular weight is 519 g/mol. The lowest BCUT2D eigenvalue weighted by molar-refractivity contribution is -0.145. The summed E-state index contributed by atoms with van der Waals surface area (Å²) in [5.74, 6) is -6.91. The molecule has 2 N–H and O–H groups in total. The van der Waals surface area contributed by atoms with E-state index in [1.807, 2.05) is 42.5 Å². The maximum atomic E-state index is 14.8. The largest absolute Gasteiger partial charge is 0.364 e. The standard InChI is InChI=1S/C29H25F3N4O2/c30-22-8-10-23(11-9-22)36-25-13-12-24(14-18(25)17-34-36)35-26(37)15-21(16-28(31,32)27(33)38)29(35,20-6-7-20)19-4-2-1-3-5-19/h1-5,8-14,17,20-21H,6-7,15-16H2,(H2,33,38)/t21-,29+/m0/s1. The monoisotopic (exact) mass is 518 g/mol. The number of hydrogen-bond acceptors (Lipinski definition) is 3. The van der Waals surface area contributed by atoms with Gasteiger partial charge in [0.1, 0.15) is 5.82 Å². The Balaban J connectivity index is 1.49. The van der Waals surface area contributed by atoms with Crippen LogP contribution in [0.2, 0.25) is 0 Å². The maximum absolute atomic E-state index is 14.8. The third-order valence-corrected chi connectivity index (χ3v) is 7.84. The summed E-state index contributed by atoms with van der Waals surface area (Å²) in [5, 5.41) is 5.19. The maximum Gasteiger partial charge on any atom is 0.324 e. The lowest BCUT2D eigenvalue weighted by Crippen LogP contribution is -2.51. The minimum atomic E-state index is -3.74. The van der Waals surface area contributed by atoms with Crippen LogP contribution in [0, 0.1) is 17.7 Å². The minimum Gasteiger partial charge on any atom is -0.364 e. The Hall–Kier alpha value is -4.14. The fourth-order valence-electron chi connectivity index (χ4n) is 6.13. The van der Waals surface area contributed by atoms with Gasteiger partial charge in [-0.25, -0.2) is 9.07 Å². The molecule has 6 rings (SSSR count). The Kier molecular flexibility index (Phi) is 5.55. The number of halogens is 3. The van der Waals surface area contributed by atoms with Gasteiger partial charge in [0, 0.05) is 29.8 Å². The summed E-state index contributed by atoms with van der Waals surface area (Å²) >= 11 is 0. The van der Waals surface area contributed by atoms with Crippen molar-refractivity contribution in [3.05, 3.63) is 90.4 Å². The normalized spacial score (nSPS) is 21.8. The van der Waals surface area contributed by atoms with E-state index in [1.165, 1.54) is 12.1 Å². The summed E-state index contributed by atoms with van der Waals surface area (Å²) in [6.45, 7) is 0. The summed E-state index contributed by atoms with van der Waals surface area (Å²) < 4.78 is 44.6. The molecule has 2 heterocycles. The second kappa shape index (κ2) is 8.72. The molecule has 1 saturated carbocycles. The van der Waals surface area contributed by atoms with Crippen LogP contribution in [0.1, 0.15) is 31.2 Å². The van der Waals surface area contributed by atoms with Crippen molar-refractivity contribution in [2.24, 2.45) is 17.6 Å². The van der Waals surface area contributed by atoms with Crippen molar-refractivity contribution in [1.82, 2.24) is 9.78 Å². The van der Waals surface area contributed by atoms with E-state index in [2.05, 4.69) is 5.10 Å². The van der Waals surface area contributed by atoms with Crippen LogP contribution in [0.25, 0.3) is 16.6 Å². The number of aromatic nitrogens is 2. The molecular weight excluding hydrogens is 493 g/mol. The Morgan fingerprint density at radius 1 is 1.03 bits per heavy atom. The first-order valence-electron chi connectivity index (χ1n) is 12.5. The Bertz CT molecular complexity index is 1530. The van der Waals surface area contributed by atoms with Crippen molar-refractivity contribution in [2.45, 2.75) is 37.1 Å². The van der Waals surface area contributed by atoms with E-state index in [1.54, 1.807) is 34.0 Å². The molecule has 1 aliphatic heterocycles. The first kappa shape index (κ1) is 24.2. The summed E-state index contributed by atoms with van der Waals surface area (Å²) in [6.07, 6.45) is 2.29. The van der Waals surface area contributed by atoms with Crippen LogP contribution < -0.4 is 10.6 Å².